The first-order valence-corrected chi connectivity index (χ1v) is 10.7. The Bertz CT molecular complexity index is 916. The Balaban J connectivity index is 2.13. The Morgan fingerprint density at radius 3 is 2.41 bits per heavy atom. The molecule has 0 saturated carbocycles. The topological polar surface area (TPSA) is 93.7 Å². The van der Waals surface area contributed by atoms with Gasteiger partial charge < -0.3 is 14.8 Å². The molecule has 2 rings (SSSR count). The zero-order chi connectivity index (χ0) is 20.0. The molecular formula is C18H22N2O5S2. The van der Waals surface area contributed by atoms with Crippen molar-refractivity contribution in [2.24, 2.45) is 0 Å². The number of benzene rings is 2. The van der Waals surface area contributed by atoms with Crippen LogP contribution in [0.25, 0.3) is 0 Å². The summed E-state index contributed by atoms with van der Waals surface area (Å²) in [5.41, 5.74) is 0.601. The van der Waals surface area contributed by atoms with E-state index in [9.17, 15) is 13.2 Å². The molecule has 0 aliphatic carbocycles. The third kappa shape index (κ3) is 5.38. The van der Waals surface area contributed by atoms with E-state index in [-0.39, 0.29) is 10.6 Å². The van der Waals surface area contributed by atoms with E-state index in [4.69, 9.17) is 9.47 Å². The Morgan fingerprint density at radius 1 is 1.07 bits per heavy atom. The van der Waals surface area contributed by atoms with Crippen LogP contribution < -0.4 is 19.5 Å². The highest BCUT2D eigenvalue weighted by Crippen LogP contribution is 2.29. The zero-order valence-corrected chi connectivity index (χ0v) is 17.1. The predicted octanol–water partition coefficient (Wildman–Crippen LogP) is 2.73. The van der Waals surface area contributed by atoms with Crippen molar-refractivity contribution in [2.75, 3.05) is 25.8 Å². The third-order valence-corrected chi connectivity index (χ3v) is 5.99. The second-order valence-corrected chi connectivity index (χ2v) is 8.17. The molecule has 0 fully saturated rings. The van der Waals surface area contributed by atoms with Crippen LogP contribution in [0.3, 0.4) is 0 Å². The highest BCUT2D eigenvalue weighted by atomic mass is 32.2. The molecule has 27 heavy (non-hydrogen) atoms. The predicted molar refractivity (Wildman–Crippen MR) is 106 cm³/mol. The lowest BCUT2D eigenvalue weighted by atomic mass is 10.3. The highest BCUT2D eigenvalue weighted by Gasteiger charge is 2.23. The maximum absolute atomic E-state index is 12.6. The van der Waals surface area contributed by atoms with Crippen LogP contribution in [-0.4, -0.2) is 40.8 Å². The van der Waals surface area contributed by atoms with Crippen molar-refractivity contribution in [2.45, 2.75) is 22.8 Å². The van der Waals surface area contributed by atoms with Crippen LogP contribution in [0, 0.1) is 0 Å². The standard InChI is InChI=1S/C18H22N2O5S2/c1-12(18(21)19-13-6-5-7-14(10-13)26-4)20-27(22,23)15-8-9-16(24-2)17(11-15)25-3/h5-12,20H,1-4H3,(H,19,21)/t12-/m0/s1. The summed E-state index contributed by atoms with van der Waals surface area (Å²) < 4.78 is 37.8. The van der Waals surface area contributed by atoms with Gasteiger partial charge in [-0.1, -0.05) is 6.07 Å². The summed E-state index contributed by atoms with van der Waals surface area (Å²) in [5, 5.41) is 2.71. The second-order valence-electron chi connectivity index (χ2n) is 5.58. The average Bonchev–Trinajstić information content (AvgIpc) is 2.67. The van der Waals surface area contributed by atoms with E-state index in [1.807, 2.05) is 24.5 Å². The lowest BCUT2D eigenvalue weighted by Gasteiger charge is -2.16. The smallest absolute Gasteiger partial charge is 0.242 e. The summed E-state index contributed by atoms with van der Waals surface area (Å²) >= 11 is 1.55. The third-order valence-electron chi connectivity index (χ3n) is 3.73. The van der Waals surface area contributed by atoms with Crippen molar-refractivity contribution in [3.8, 4) is 11.5 Å². The highest BCUT2D eigenvalue weighted by molar-refractivity contribution is 7.98. The Hall–Kier alpha value is -2.23. The van der Waals surface area contributed by atoms with Gasteiger partial charge in [0.05, 0.1) is 25.2 Å². The molecule has 2 aromatic rings. The maximum atomic E-state index is 12.6. The van der Waals surface area contributed by atoms with Gasteiger partial charge in [-0.15, -0.1) is 11.8 Å². The molecule has 7 nitrogen and oxygen atoms in total. The number of methoxy groups -OCH3 is 2. The molecule has 0 aliphatic heterocycles. The average molecular weight is 411 g/mol. The van der Waals surface area contributed by atoms with Gasteiger partial charge >= 0.3 is 0 Å². The van der Waals surface area contributed by atoms with Crippen LogP contribution >= 0.6 is 11.8 Å². The second kappa shape index (κ2) is 9.12. The molecule has 0 radical (unpaired) electrons. The van der Waals surface area contributed by atoms with Crippen molar-refractivity contribution < 1.29 is 22.7 Å². The van der Waals surface area contributed by atoms with Gasteiger partial charge in [0, 0.05) is 16.6 Å². The molecule has 0 aliphatic rings. The number of ether oxygens (including phenoxy) is 2. The summed E-state index contributed by atoms with van der Waals surface area (Å²) in [5.74, 6) is 0.236. The molecule has 146 valence electrons. The molecule has 0 aromatic heterocycles. The molecule has 0 bridgehead atoms. The van der Waals surface area contributed by atoms with Crippen molar-refractivity contribution in [3.05, 3.63) is 42.5 Å². The fourth-order valence-electron chi connectivity index (χ4n) is 2.29. The van der Waals surface area contributed by atoms with Crippen LogP contribution in [0.15, 0.2) is 52.3 Å². The fourth-order valence-corrected chi connectivity index (χ4v) is 3.97. The molecular weight excluding hydrogens is 388 g/mol. The molecule has 2 N–H and O–H groups in total. The number of hydrogen-bond donors (Lipinski definition) is 2. The van der Waals surface area contributed by atoms with Crippen LogP contribution in [0.1, 0.15) is 6.92 Å². The van der Waals surface area contributed by atoms with Gasteiger partial charge in [-0.05, 0) is 43.5 Å². The SMILES string of the molecule is COc1ccc(S(=O)(=O)N[C@@H](C)C(=O)Nc2cccc(SC)c2)cc1OC. The number of amides is 1. The van der Waals surface area contributed by atoms with E-state index >= 15 is 0 Å². The van der Waals surface area contributed by atoms with Crippen LogP contribution in [0.4, 0.5) is 5.69 Å². The van der Waals surface area contributed by atoms with Gasteiger partial charge in [0.2, 0.25) is 15.9 Å². The number of carbonyl (C=O) groups excluding carboxylic acids is 1. The zero-order valence-electron chi connectivity index (χ0n) is 15.5. The Labute approximate surface area is 163 Å². The van der Waals surface area contributed by atoms with Crippen molar-refractivity contribution in [1.82, 2.24) is 4.72 Å². The largest absolute Gasteiger partial charge is 0.493 e. The minimum atomic E-state index is -3.92. The Morgan fingerprint density at radius 2 is 1.78 bits per heavy atom. The van der Waals surface area contributed by atoms with Gasteiger partial charge in [-0.2, -0.15) is 4.72 Å². The van der Waals surface area contributed by atoms with E-state index in [2.05, 4.69) is 10.0 Å². The number of rotatable bonds is 8. The summed E-state index contributed by atoms with van der Waals surface area (Å²) in [6.45, 7) is 1.48. The van der Waals surface area contributed by atoms with Crippen LogP contribution in [0.2, 0.25) is 0 Å². The van der Waals surface area contributed by atoms with Crippen molar-refractivity contribution >= 4 is 33.4 Å². The van der Waals surface area contributed by atoms with Gasteiger partial charge in [0.1, 0.15) is 0 Å². The molecule has 0 spiro atoms. The van der Waals surface area contributed by atoms with E-state index in [1.165, 1.54) is 39.3 Å². The van der Waals surface area contributed by atoms with Crippen LogP contribution in [-0.2, 0) is 14.8 Å². The van der Waals surface area contributed by atoms with E-state index < -0.39 is 22.0 Å². The molecule has 0 unspecified atom stereocenters. The van der Waals surface area contributed by atoms with Gasteiger partial charge in [-0.3, -0.25) is 4.79 Å². The van der Waals surface area contributed by atoms with Crippen LogP contribution in [0.5, 0.6) is 11.5 Å². The van der Waals surface area contributed by atoms with E-state index in [0.717, 1.165) is 4.90 Å². The summed E-state index contributed by atoms with van der Waals surface area (Å²) in [6.07, 6.45) is 1.93. The van der Waals surface area contributed by atoms with E-state index in [0.29, 0.717) is 11.4 Å². The molecule has 9 heteroatoms. The lowest BCUT2D eigenvalue weighted by molar-refractivity contribution is -0.117. The molecule has 0 saturated heterocycles. The number of sulfonamides is 1. The fraction of sp³-hybridized carbons (Fsp3) is 0.278. The number of anilines is 1. The molecule has 1 atom stereocenters. The number of carbonyl (C=O) groups is 1. The number of nitrogens with one attached hydrogen (secondary N) is 2. The minimum absolute atomic E-state index is 0.0239. The van der Waals surface area contributed by atoms with Gasteiger partial charge in [0.25, 0.3) is 0 Å². The first-order chi connectivity index (χ1) is 12.8. The van der Waals surface area contributed by atoms with E-state index in [1.54, 1.807) is 17.8 Å². The summed E-state index contributed by atoms with van der Waals surface area (Å²) in [6, 6.07) is 10.5. The van der Waals surface area contributed by atoms with Gasteiger partial charge in [-0.25, -0.2) is 8.42 Å². The number of thioether (sulfide) groups is 1. The Kier molecular flexibility index (Phi) is 7.11. The monoisotopic (exact) mass is 410 g/mol. The minimum Gasteiger partial charge on any atom is -0.493 e. The summed E-state index contributed by atoms with van der Waals surface area (Å²) in [4.78, 5) is 13.3. The first-order valence-electron chi connectivity index (χ1n) is 8.00. The normalized spacial score (nSPS) is 12.3. The van der Waals surface area contributed by atoms with Crippen molar-refractivity contribution in [3.63, 3.8) is 0 Å². The molecule has 1 amide bonds. The quantitative estimate of drug-likeness (QED) is 0.650. The molecule has 2 aromatic carbocycles. The molecule has 0 heterocycles. The maximum Gasteiger partial charge on any atom is 0.242 e. The lowest BCUT2D eigenvalue weighted by Crippen LogP contribution is -2.41. The summed E-state index contributed by atoms with van der Waals surface area (Å²) in [7, 11) is -1.04. The first kappa shape index (κ1) is 21.1. The van der Waals surface area contributed by atoms with Crippen molar-refractivity contribution in [1.29, 1.82) is 0 Å². The number of hydrogen-bond acceptors (Lipinski definition) is 6. The van der Waals surface area contributed by atoms with Gasteiger partial charge in [0.15, 0.2) is 11.5 Å².